The molecule has 1 fully saturated rings. The van der Waals surface area contributed by atoms with Gasteiger partial charge in [0.05, 0.1) is 7.11 Å². The minimum atomic E-state index is -0.502. The van der Waals surface area contributed by atoms with Crippen LogP contribution >= 0.6 is 0 Å². The van der Waals surface area contributed by atoms with Gasteiger partial charge in [-0.3, -0.25) is 4.90 Å². The molecule has 0 bridgehead atoms. The van der Waals surface area contributed by atoms with Gasteiger partial charge < -0.3 is 19.5 Å². The van der Waals surface area contributed by atoms with E-state index in [0.29, 0.717) is 18.0 Å². The first kappa shape index (κ1) is 17.8. The lowest BCUT2D eigenvalue weighted by Gasteiger charge is -2.33. The normalized spacial score (nSPS) is 18.3. The Morgan fingerprint density at radius 3 is 2.61 bits per heavy atom. The Labute approximate surface area is 139 Å². The lowest BCUT2D eigenvalue weighted by molar-refractivity contribution is 0.0498. The number of rotatable bonds is 7. The highest BCUT2D eigenvalue weighted by Crippen LogP contribution is 2.28. The van der Waals surface area contributed by atoms with Crippen molar-refractivity contribution >= 4 is 6.08 Å². The summed E-state index contributed by atoms with van der Waals surface area (Å²) in [6.45, 7) is 6.98. The molecule has 1 heterocycles. The fraction of sp³-hybridized carbons (Fsp3) is 0.556. The van der Waals surface area contributed by atoms with Crippen LogP contribution in [0.5, 0.6) is 11.5 Å². The standard InChI is InChI=1S/C18H28N2O3/c1-4-5-15-6-7-17(18(12-15)22-3)23-14-16(21)13-20-10-8-19(2)9-11-20/h4-7,12,16,21H,8-11,13-14H2,1-3H3. The number of likely N-dealkylation sites (N-methyl/N-ethyl adjacent to an activating group) is 1. The number of hydrogen-bond donors (Lipinski definition) is 1. The van der Waals surface area contributed by atoms with E-state index in [9.17, 15) is 5.11 Å². The van der Waals surface area contributed by atoms with Gasteiger partial charge >= 0.3 is 0 Å². The van der Waals surface area contributed by atoms with Gasteiger partial charge in [-0.25, -0.2) is 0 Å². The predicted octanol–water partition coefficient (Wildman–Crippen LogP) is 1.72. The van der Waals surface area contributed by atoms with E-state index in [4.69, 9.17) is 9.47 Å². The molecule has 1 aromatic rings. The molecule has 5 nitrogen and oxygen atoms in total. The van der Waals surface area contributed by atoms with E-state index in [-0.39, 0.29) is 6.61 Å². The molecule has 1 aliphatic heterocycles. The van der Waals surface area contributed by atoms with Crippen LogP contribution < -0.4 is 9.47 Å². The second-order valence-electron chi connectivity index (χ2n) is 5.98. The number of nitrogens with zero attached hydrogens (tertiary/aromatic N) is 2. The van der Waals surface area contributed by atoms with Gasteiger partial charge in [-0.15, -0.1) is 0 Å². The molecule has 1 atom stereocenters. The van der Waals surface area contributed by atoms with Crippen LogP contribution in [0.4, 0.5) is 0 Å². The van der Waals surface area contributed by atoms with E-state index >= 15 is 0 Å². The van der Waals surface area contributed by atoms with E-state index in [1.807, 2.05) is 37.3 Å². The van der Waals surface area contributed by atoms with Crippen molar-refractivity contribution in [1.82, 2.24) is 9.80 Å². The Hall–Kier alpha value is -1.56. The maximum absolute atomic E-state index is 10.2. The summed E-state index contributed by atoms with van der Waals surface area (Å²) in [6, 6.07) is 5.80. The number of aliphatic hydroxyl groups is 1. The number of β-amino-alcohol motifs (C(OH)–C–C–N with tert-alkyl or cyclic N) is 1. The average Bonchev–Trinajstić information content (AvgIpc) is 2.56. The Balaban J connectivity index is 1.84. The van der Waals surface area contributed by atoms with E-state index in [1.54, 1.807) is 7.11 Å². The first-order valence-electron chi connectivity index (χ1n) is 8.15. The summed E-state index contributed by atoms with van der Waals surface area (Å²) in [7, 11) is 3.75. The van der Waals surface area contributed by atoms with Gasteiger partial charge in [0.1, 0.15) is 12.7 Å². The summed E-state index contributed by atoms with van der Waals surface area (Å²) in [4.78, 5) is 4.58. The molecule has 1 aromatic carbocycles. The van der Waals surface area contributed by atoms with Gasteiger partial charge in [0, 0.05) is 32.7 Å². The number of ether oxygens (including phenoxy) is 2. The van der Waals surface area contributed by atoms with Crippen molar-refractivity contribution in [3.8, 4) is 11.5 Å². The highest BCUT2D eigenvalue weighted by molar-refractivity contribution is 5.55. The quantitative estimate of drug-likeness (QED) is 0.829. The SMILES string of the molecule is CC=Cc1ccc(OCC(O)CN2CCN(C)CC2)c(OC)c1. The van der Waals surface area contributed by atoms with E-state index < -0.39 is 6.10 Å². The summed E-state index contributed by atoms with van der Waals surface area (Å²) < 4.78 is 11.1. The predicted molar refractivity (Wildman–Crippen MR) is 93.1 cm³/mol. The minimum Gasteiger partial charge on any atom is -0.493 e. The number of piperazine rings is 1. The lowest BCUT2D eigenvalue weighted by atomic mass is 10.2. The third kappa shape index (κ3) is 5.53. The molecule has 0 aromatic heterocycles. The monoisotopic (exact) mass is 320 g/mol. The van der Waals surface area contributed by atoms with Gasteiger partial charge in [-0.05, 0) is 31.7 Å². The third-order valence-corrected chi connectivity index (χ3v) is 4.04. The van der Waals surface area contributed by atoms with Crippen LogP contribution in [0.15, 0.2) is 24.3 Å². The molecule has 128 valence electrons. The summed E-state index contributed by atoms with van der Waals surface area (Å²) >= 11 is 0. The molecule has 0 amide bonds. The van der Waals surface area contributed by atoms with Crippen LogP contribution in [0.25, 0.3) is 6.08 Å². The molecule has 2 rings (SSSR count). The first-order chi connectivity index (χ1) is 11.1. The molecule has 1 unspecified atom stereocenters. The van der Waals surface area contributed by atoms with Crippen LogP contribution in [0, 0.1) is 0 Å². The zero-order valence-corrected chi connectivity index (χ0v) is 14.4. The van der Waals surface area contributed by atoms with Gasteiger partial charge in [-0.2, -0.15) is 0 Å². The smallest absolute Gasteiger partial charge is 0.161 e. The second-order valence-corrected chi connectivity index (χ2v) is 5.98. The molecule has 0 saturated carbocycles. The highest BCUT2D eigenvalue weighted by Gasteiger charge is 2.17. The van der Waals surface area contributed by atoms with Crippen molar-refractivity contribution in [1.29, 1.82) is 0 Å². The Kier molecular flexibility index (Phi) is 6.89. The maximum Gasteiger partial charge on any atom is 0.161 e. The molecular formula is C18H28N2O3. The molecule has 1 saturated heterocycles. The average molecular weight is 320 g/mol. The largest absolute Gasteiger partial charge is 0.493 e. The van der Waals surface area contributed by atoms with Gasteiger partial charge in [0.2, 0.25) is 0 Å². The van der Waals surface area contributed by atoms with Crippen LogP contribution in [-0.4, -0.2) is 74.5 Å². The topological polar surface area (TPSA) is 45.2 Å². The molecule has 23 heavy (non-hydrogen) atoms. The van der Waals surface area contributed by atoms with Crippen molar-refractivity contribution in [2.75, 3.05) is 53.5 Å². The molecular weight excluding hydrogens is 292 g/mol. The zero-order chi connectivity index (χ0) is 16.7. The third-order valence-electron chi connectivity index (χ3n) is 4.04. The van der Waals surface area contributed by atoms with Crippen molar-refractivity contribution in [3.05, 3.63) is 29.8 Å². The van der Waals surface area contributed by atoms with Crippen LogP contribution in [0.2, 0.25) is 0 Å². The number of aliphatic hydroxyl groups excluding tert-OH is 1. The summed E-state index contributed by atoms with van der Waals surface area (Å²) in [5.74, 6) is 1.35. The number of allylic oxidation sites excluding steroid dienone is 1. The first-order valence-corrected chi connectivity index (χ1v) is 8.15. The Morgan fingerprint density at radius 2 is 1.96 bits per heavy atom. The lowest BCUT2D eigenvalue weighted by Crippen LogP contribution is -2.47. The van der Waals surface area contributed by atoms with Gasteiger partial charge in [-0.1, -0.05) is 18.2 Å². The van der Waals surface area contributed by atoms with Crippen LogP contribution in [0.3, 0.4) is 0 Å². The molecule has 1 N–H and O–H groups in total. The number of benzene rings is 1. The van der Waals surface area contributed by atoms with Crippen molar-refractivity contribution in [2.24, 2.45) is 0 Å². The molecule has 5 heteroatoms. The number of hydrogen-bond acceptors (Lipinski definition) is 5. The molecule has 0 radical (unpaired) electrons. The minimum absolute atomic E-state index is 0.270. The van der Waals surface area contributed by atoms with Crippen molar-refractivity contribution in [3.63, 3.8) is 0 Å². The Bertz CT molecular complexity index is 511. The summed E-state index contributed by atoms with van der Waals surface area (Å²) in [6.07, 6.45) is 3.49. The van der Waals surface area contributed by atoms with E-state index in [0.717, 1.165) is 31.7 Å². The fourth-order valence-electron chi connectivity index (χ4n) is 2.67. The summed E-state index contributed by atoms with van der Waals surface area (Å²) in [5, 5.41) is 10.2. The number of methoxy groups -OCH3 is 1. The van der Waals surface area contributed by atoms with E-state index in [1.165, 1.54) is 0 Å². The Morgan fingerprint density at radius 1 is 1.22 bits per heavy atom. The molecule has 1 aliphatic rings. The highest BCUT2D eigenvalue weighted by atomic mass is 16.5. The molecule has 0 spiro atoms. The van der Waals surface area contributed by atoms with Crippen LogP contribution in [0.1, 0.15) is 12.5 Å². The molecule has 0 aliphatic carbocycles. The second kappa shape index (κ2) is 8.91. The van der Waals surface area contributed by atoms with E-state index in [2.05, 4.69) is 16.8 Å². The van der Waals surface area contributed by atoms with Crippen LogP contribution in [-0.2, 0) is 0 Å². The van der Waals surface area contributed by atoms with Crippen molar-refractivity contribution in [2.45, 2.75) is 13.0 Å². The maximum atomic E-state index is 10.2. The fourth-order valence-corrected chi connectivity index (χ4v) is 2.67. The zero-order valence-electron chi connectivity index (χ0n) is 14.4. The van der Waals surface area contributed by atoms with Gasteiger partial charge in [0.15, 0.2) is 11.5 Å². The van der Waals surface area contributed by atoms with Gasteiger partial charge in [0.25, 0.3) is 0 Å². The summed E-state index contributed by atoms with van der Waals surface area (Å²) in [5.41, 5.74) is 1.06. The van der Waals surface area contributed by atoms with Crippen molar-refractivity contribution < 1.29 is 14.6 Å².